The third-order valence-corrected chi connectivity index (χ3v) is 2.44. The highest BCUT2D eigenvalue weighted by molar-refractivity contribution is 7.11. The Morgan fingerprint density at radius 3 is 3.12 bits per heavy atom. The van der Waals surface area contributed by atoms with E-state index in [-0.39, 0.29) is 11.5 Å². The zero-order valence-electron chi connectivity index (χ0n) is 7.95. The molecule has 2 aromatic heterocycles. The Morgan fingerprint density at radius 1 is 1.62 bits per heavy atom. The van der Waals surface area contributed by atoms with E-state index < -0.39 is 5.91 Å². The van der Waals surface area contributed by atoms with Crippen LogP contribution in [0.25, 0.3) is 0 Å². The van der Waals surface area contributed by atoms with Crippen molar-refractivity contribution in [1.82, 2.24) is 15.7 Å². The van der Waals surface area contributed by atoms with E-state index in [0.29, 0.717) is 0 Å². The highest BCUT2D eigenvalue weighted by atomic mass is 32.1. The lowest BCUT2D eigenvalue weighted by atomic mass is 10.4. The van der Waals surface area contributed by atoms with Gasteiger partial charge in [0.25, 0.3) is 5.91 Å². The van der Waals surface area contributed by atoms with E-state index in [4.69, 9.17) is 5.73 Å². The second-order valence-electron chi connectivity index (χ2n) is 2.71. The van der Waals surface area contributed by atoms with Gasteiger partial charge >= 0.3 is 0 Å². The average Bonchev–Trinajstić information content (AvgIpc) is 2.88. The number of nitrogens with one attached hydrogen (secondary N) is 1. The van der Waals surface area contributed by atoms with E-state index in [1.807, 2.05) is 17.5 Å². The summed E-state index contributed by atoms with van der Waals surface area (Å²) in [4.78, 5) is 12.3. The molecule has 0 atom stereocenters. The highest BCUT2D eigenvalue weighted by Crippen LogP contribution is 2.05. The summed E-state index contributed by atoms with van der Waals surface area (Å²) in [5.41, 5.74) is 7.51. The fraction of sp³-hybridized carbons (Fsp3) is 0. The van der Waals surface area contributed by atoms with Crippen molar-refractivity contribution in [3.05, 3.63) is 28.1 Å². The molecule has 0 aliphatic carbocycles. The molecular formula is C8H7N5O2S. The van der Waals surface area contributed by atoms with Gasteiger partial charge in [-0.05, 0) is 21.8 Å². The van der Waals surface area contributed by atoms with E-state index in [0.717, 1.165) is 4.88 Å². The Kier molecular flexibility index (Phi) is 2.92. The van der Waals surface area contributed by atoms with Gasteiger partial charge in [-0.3, -0.25) is 4.79 Å². The zero-order chi connectivity index (χ0) is 11.4. The molecule has 0 aliphatic rings. The molecule has 0 aliphatic heterocycles. The van der Waals surface area contributed by atoms with E-state index in [1.165, 1.54) is 17.6 Å². The minimum Gasteiger partial charge on any atom is -0.379 e. The SMILES string of the molecule is Nc1nonc1C(=O)N/N=C\c1cccs1. The predicted octanol–water partition coefficient (Wildman–Crippen LogP) is 0.477. The van der Waals surface area contributed by atoms with Crippen LogP contribution in [-0.4, -0.2) is 22.4 Å². The third kappa shape index (κ3) is 2.23. The Labute approximate surface area is 93.9 Å². The number of anilines is 1. The molecule has 0 saturated carbocycles. The van der Waals surface area contributed by atoms with E-state index >= 15 is 0 Å². The second kappa shape index (κ2) is 4.53. The van der Waals surface area contributed by atoms with Gasteiger partial charge < -0.3 is 5.73 Å². The minimum atomic E-state index is -0.563. The van der Waals surface area contributed by atoms with Crippen molar-refractivity contribution in [3.63, 3.8) is 0 Å². The van der Waals surface area contributed by atoms with E-state index in [1.54, 1.807) is 0 Å². The molecule has 0 radical (unpaired) electrons. The molecular weight excluding hydrogens is 230 g/mol. The first-order valence-corrected chi connectivity index (χ1v) is 5.10. The summed E-state index contributed by atoms with van der Waals surface area (Å²) in [5.74, 6) is -0.629. The van der Waals surface area contributed by atoms with Crippen LogP contribution < -0.4 is 11.2 Å². The van der Waals surface area contributed by atoms with Crippen molar-refractivity contribution >= 4 is 29.3 Å². The number of amides is 1. The number of nitrogens with zero attached hydrogens (tertiary/aromatic N) is 3. The monoisotopic (exact) mass is 237 g/mol. The molecule has 8 heteroatoms. The topological polar surface area (TPSA) is 106 Å². The molecule has 7 nitrogen and oxygen atoms in total. The van der Waals surface area contributed by atoms with Crippen molar-refractivity contribution < 1.29 is 9.42 Å². The standard InChI is InChI=1S/C8H7N5O2S/c9-7-6(12-15-13-7)8(14)11-10-4-5-2-1-3-16-5/h1-4H,(H2,9,13)(H,11,14)/b10-4-. The summed E-state index contributed by atoms with van der Waals surface area (Å²) < 4.78 is 4.28. The first kappa shape index (κ1) is 10.3. The Hall–Kier alpha value is -2.22. The fourth-order valence-corrected chi connectivity index (χ4v) is 1.51. The van der Waals surface area contributed by atoms with Crippen LogP contribution in [0.15, 0.2) is 27.2 Å². The van der Waals surface area contributed by atoms with Crippen LogP contribution in [0.4, 0.5) is 5.82 Å². The van der Waals surface area contributed by atoms with Crippen molar-refractivity contribution in [1.29, 1.82) is 0 Å². The normalized spacial score (nSPS) is 10.8. The summed E-state index contributed by atoms with van der Waals surface area (Å²) in [6.07, 6.45) is 1.52. The molecule has 2 rings (SSSR count). The Morgan fingerprint density at radius 2 is 2.50 bits per heavy atom. The summed E-state index contributed by atoms with van der Waals surface area (Å²) >= 11 is 1.50. The number of carbonyl (C=O) groups excluding carboxylic acids is 1. The molecule has 1 amide bonds. The Bertz CT molecular complexity index is 504. The molecule has 0 spiro atoms. The number of nitrogens with two attached hydrogens (primary N) is 1. The van der Waals surface area contributed by atoms with Gasteiger partial charge in [-0.1, -0.05) is 6.07 Å². The average molecular weight is 237 g/mol. The molecule has 2 aromatic rings. The van der Waals surface area contributed by atoms with Gasteiger partial charge in [0.1, 0.15) is 0 Å². The van der Waals surface area contributed by atoms with Crippen LogP contribution in [0.2, 0.25) is 0 Å². The largest absolute Gasteiger partial charge is 0.379 e. The summed E-state index contributed by atoms with van der Waals surface area (Å²) in [5, 5.41) is 12.3. The van der Waals surface area contributed by atoms with Crippen LogP contribution in [0, 0.1) is 0 Å². The first-order valence-electron chi connectivity index (χ1n) is 4.22. The van der Waals surface area contributed by atoms with Crippen LogP contribution in [0.1, 0.15) is 15.4 Å². The number of rotatable bonds is 3. The number of hydrogen-bond acceptors (Lipinski definition) is 7. The van der Waals surface area contributed by atoms with Crippen molar-refractivity contribution in [3.8, 4) is 0 Å². The number of carbonyl (C=O) groups is 1. The minimum absolute atomic E-state index is 0.0659. The maximum atomic E-state index is 11.4. The lowest BCUT2D eigenvalue weighted by molar-refractivity contribution is 0.0946. The van der Waals surface area contributed by atoms with Crippen molar-refractivity contribution in [2.24, 2.45) is 5.10 Å². The van der Waals surface area contributed by atoms with E-state index in [9.17, 15) is 4.79 Å². The lowest BCUT2D eigenvalue weighted by Crippen LogP contribution is -2.19. The molecule has 0 saturated heterocycles. The van der Waals surface area contributed by atoms with Gasteiger partial charge in [-0.2, -0.15) is 5.10 Å². The molecule has 16 heavy (non-hydrogen) atoms. The fourth-order valence-electron chi connectivity index (χ4n) is 0.925. The highest BCUT2D eigenvalue weighted by Gasteiger charge is 2.14. The van der Waals surface area contributed by atoms with Gasteiger partial charge in [0.15, 0.2) is 0 Å². The number of hydrazone groups is 1. The quantitative estimate of drug-likeness (QED) is 0.596. The molecule has 0 aromatic carbocycles. The zero-order valence-corrected chi connectivity index (χ0v) is 8.77. The molecule has 3 N–H and O–H groups in total. The molecule has 2 heterocycles. The number of nitrogen functional groups attached to an aromatic ring is 1. The molecule has 0 unspecified atom stereocenters. The molecule has 0 bridgehead atoms. The van der Waals surface area contributed by atoms with Gasteiger partial charge in [0, 0.05) is 4.88 Å². The van der Waals surface area contributed by atoms with E-state index in [2.05, 4.69) is 25.5 Å². The van der Waals surface area contributed by atoms with Gasteiger partial charge in [-0.25, -0.2) is 10.1 Å². The van der Waals surface area contributed by atoms with Gasteiger partial charge in [-0.15, -0.1) is 11.3 Å². The van der Waals surface area contributed by atoms with Crippen molar-refractivity contribution in [2.45, 2.75) is 0 Å². The molecule has 82 valence electrons. The van der Waals surface area contributed by atoms with Crippen LogP contribution in [-0.2, 0) is 0 Å². The maximum Gasteiger partial charge on any atom is 0.297 e. The van der Waals surface area contributed by atoms with Gasteiger partial charge in [0.05, 0.1) is 6.21 Å². The number of hydrogen-bond donors (Lipinski definition) is 2. The van der Waals surface area contributed by atoms with Gasteiger partial charge in [0.2, 0.25) is 11.5 Å². The number of thiophene rings is 1. The predicted molar refractivity (Wildman–Crippen MR) is 58.1 cm³/mol. The van der Waals surface area contributed by atoms with Crippen LogP contribution in [0.5, 0.6) is 0 Å². The Balaban J connectivity index is 1.97. The third-order valence-electron chi connectivity index (χ3n) is 1.63. The van der Waals surface area contributed by atoms with Crippen LogP contribution >= 0.6 is 11.3 Å². The van der Waals surface area contributed by atoms with Crippen LogP contribution in [0.3, 0.4) is 0 Å². The number of aromatic nitrogens is 2. The summed E-state index contributed by atoms with van der Waals surface area (Å²) in [6, 6.07) is 3.75. The first-order chi connectivity index (χ1) is 7.77. The second-order valence-corrected chi connectivity index (χ2v) is 3.69. The lowest BCUT2D eigenvalue weighted by Gasteiger charge is -1.93. The van der Waals surface area contributed by atoms with Crippen molar-refractivity contribution in [2.75, 3.05) is 5.73 Å². The molecule has 0 fully saturated rings. The summed E-state index contributed by atoms with van der Waals surface area (Å²) in [7, 11) is 0. The summed E-state index contributed by atoms with van der Waals surface area (Å²) in [6.45, 7) is 0. The maximum absolute atomic E-state index is 11.4. The smallest absolute Gasteiger partial charge is 0.297 e.